The number of carboxylic acid groups (broad SMARTS) is 1. The topological polar surface area (TPSA) is 92.4 Å². The smallest absolute Gasteiger partial charge is 0.303 e. The van der Waals surface area contributed by atoms with Crippen molar-refractivity contribution in [3.8, 4) is 0 Å². The summed E-state index contributed by atoms with van der Waals surface area (Å²) in [6, 6.07) is -0.570. The highest BCUT2D eigenvalue weighted by atomic mass is 16.4. The molecular weight excluding hydrogens is 184 g/mol. The van der Waals surface area contributed by atoms with Crippen molar-refractivity contribution < 1.29 is 14.7 Å². The molecule has 0 rings (SSSR count). The molecule has 0 fully saturated rings. The van der Waals surface area contributed by atoms with Crippen molar-refractivity contribution in [3.63, 3.8) is 0 Å². The third-order valence-electron chi connectivity index (χ3n) is 1.84. The van der Waals surface area contributed by atoms with E-state index in [1.165, 1.54) is 0 Å². The molecule has 14 heavy (non-hydrogen) atoms. The molecule has 0 aromatic rings. The Balaban J connectivity index is 4.06. The van der Waals surface area contributed by atoms with Crippen molar-refractivity contribution in [1.29, 1.82) is 0 Å². The van der Waals surface area contributed by atoms with Crippen molar-refractivity contribution in [1.82, 2.24) is 5.32 Å². The molecule has 1 atom stereocenters. The van der Waals surface area contributed by atoms with Gasteiger partial charge in [0, 0.05) is 12.0 Å². The second-order valence-electron chi connectivity index (χ2n) is 4.06. The zero-order valence-corrected chi connectivity index (χ0v) is 8.83. The molecule has 1 amide bonds. The molecule has 82 valence electrons. The number of carbonyl (C=O) groups is 2. The number of carbonyl (C=O) groups excluding carboxylic acids is 1. The van der Waals surface area contributed by atoms with Crippen LogP contribution >= 0.6 is 0 Å². The minimum Gasteiger partial charge on any atom is -0.481 e. The van der Waals surface area contributed by atoms with Gasteiger partial charge < -0.3 is 16.2 Å². The summed E-state index contributed by atoms with van der Waals surface area (Å²) in [4.78, 5) is 21.5. The van der Waals surface area contributed by atoms with Crippen LogP contribution in [-0.2, 0) is 9.59 Å². The number of amides is 1. The van der Waals surface area contributed by atoms with Gasteiger partial charge in [0.25, 0.3) is 0 Å². The highest BCUT2D eigenvalue weighted by Gasteiger charge is 2.22. The standard InChI is InChI=1S/C9H18N2O3/c1-6(10)8(14)11-9(2,3)5-4-7(12)13/h6H,4-5,10H2,1-3H3,(H,11,14)(H,12,13)/t6-/m0/s1. The molecule has 0 aliphatic carbocycles. The van der Waals surface area contributed by atoms with Crippen LogP contribution in [0.4, 0.5) is 0 Å². The van der Waals surface area contributed by atoms with Gasteiger partial charge in [-0.15, -0.1) is 0 Å². The Kier molecular flexibility index (Phi) is 4.56. The van der Waals surface area contributed by atoms with E-state index in [9.17, 15) is 9.59 Å². The Bertz CT molecular complexity index is 224. The molecule has 0 aromatic heterocycles. The Hall–Kier alpha value is -1.10. The zero-order chi connectivity index (χ0) is 11.4. The molecule has 5 nitrogen and oxygen atoms in total. The summed E-state index contributed by atoms with van der Waals surface area (Å²) in [5, 5.41) is 11.2. The first-order valence-corrected chi connectivity index (χ1v) is 4.54. The zero-order valence-electron chi connectivity index (χ0n) is 8.83. The van der Waals surface area contributed by atoms with Crippen molar-refractivity contribution in [2.45, 2.75) is 45.2 Å². The van der Waals surface area contributed by atoms with E-state index in [1.54, 1.807) is 20.8 Å². The van der Waals surface area contributed by atoms with Crippen molar-refractivity contribution in [2.75, 3.05) is 0 Å². The maximum atomic E-state index is 11.2. The molecule has 5 heteroatoms. The summed E-state index contributed by atoms with van der Waals surface area (Å²) >= 11 is 0. The van der Waals surface area contributed by atoms with Crippen LogP contribution in [0.1, 0.15) is 33.6 Å². The van der Waals surface area contributed by atoms with Gasteiger partial charge in [0.1, 0.15) is 0 Å². The maximum Gasteiger partial charge on any atom is 0.303 e. The van der Waals surface area contributed by atoms with Crippen LogP contribution in [0.2, 0.25) is 0 Å². The third-order valence-corrected chi connectivity index (χ3v) is 1.84. The van der Waals surface area contributed by atoms with E-state index in [1.807, 2.05) is 0 Å². The van der Waals surface area contributed by atoms with E-state index >= 15 is 0 Å². The molecule has 0 aliphatic heterocycles. The van der Waals surface area contributed by atoms with Crippen LogP contribution in [0, 0.1) is 0 Å². The molecule has 0 unspecified atom stereocenters. The van der Waals surface area contributed by atoms with Crippen LogP contribution in [0.5, 0.6) is 0 Å². The van der Waals surface area contributed by atoms with Crippen LogP contribution in [0.3, 0.4) is 0 Å². The summed E-state index contributed by atoms with van der Waals surface area (Å²) in [5.41, 5.74) is 4.85. The monoisotopic (exact) mass is 202 g/mol. The van der Waals surface area contributed by atoms with Gasteiger partial charge in [-0.25, -0.2) is 0 Å². The van der Waals surface area contributed by atoms with Crippen LogP contribution in [0.25, 0.3) is 0 Å². The third kappa shape index (κ3) is 5.53. The summed E-state index contributed by atoms with van der Waals surface area (Å²) in [6.45, 7) is 5.13. The van der Waals surface area contributed by atoms with Crippen molar-refractivity contribution in [3.05, 3.63) is 0 Å². The van der Waals surface area contributed by atoms with Gasteiger partial charge in [0.2, 0.25) is 5.91 Å². The van der Waals surface area contributed by atoms with Gasteiger partial charge in [-0.05, 0) is 27.2 Å². The van der Waals surface area contributed by atoms with Gasteiger partial charge in [-0.1, -0.05) is 0 Å². The fourth-order valence-corrected chi connectivity index (χ4v) is 0.929. The predicted molar refractivity (Wildman–Crippen MR) is 52.7 cm³/mol. The molecule has 0 spiro atoms. The van der Waals surface area contributed by atoms with Gasteiger partial charge in [-0.2, -0.15) is 0 Å². The molecular formula is C9H18N2O3. The number of hydrogen-bond donors (Lipinski definition) is 3. The number of aliphatic carboxylic acids is 1. The van der Waals surface area contributed by atoms with E-state index in [2.05, 4.69) is 5.32 Å². The number of nitrogens with one attached hydrogen (secondary N) is 1. The Morgan fingerprint density at radius 3 is 2.36 bits per heavy atom. The Morgan fingerprint density at radius 1 is 1.50 bits per heavy atom. The number of nitrogens with two attached hydrogens (primary N) is 1. The fourth-order valence-electron chi connectivity index (χ4n) is 0.929. The molecule has 4 N–H and O–H groups in total. The lowest BCUT2D eigenvalue weighted by molar-refractivity contribution is -0.137. The van der Waals surface area contributed by atoms with Crippen LogP contribution < -0.4 is 11.1 Å². The highest BCUT2D eigenvalue weighted by molar-refractivity contribution is 5.81. The van der Waals surface area contributed by atoms with E-state index in [4.69, 9.17) is 10.8 Å². The molecule has 0 bridgehead atoms. The van der Waals surface area contributed by atoms with Gasteiger partial charge >= 0.3 is 5.97 Å². The van der Waals surface area contributed by atoms with E-state index in [0.717, 1.165) is 0 Å². The van der Waals surface area contributed by atoms with Crippen molar-refractivity contribution >= 4 is 11.9 Å². The lowest BCUT2D eigenvalue weighted by Crippen LogP contribution is -2.49. The number of hydrogen-bond acceptors (Lipinski definition) is 3. The molecule has 0 saturated heterocycles. The molecule has 0 saturated carbocycles. The van der Waals surface area contributed by atoms with Gasteiger partial charge in [0.15, 0.2) is 0 Å². The van der Waals surface area contributed by atoms with E-state index in [0.29, 0.717) is 6.42 Å². The first-order chi connectivity index (χ1) is 6.24. The van der Waals surface area contributed by atoms with Crippen LogP contribution in [0.15, 0.2) is 0 Å². The predicted octanol–water partition coefficient (Wildman–Crippen LogP) is 0.0932. The maximum absolute atomic E-state index is 11.2. The lowest BCUT2D eigenvalue weighted by Gasteiger charge is -2.26. The highest BCUT2D eigenvalue weighted by Crippen LogP contribution is 2.11. The largest absolute Gasteiger partial charge is 0.481 e. The van der Waals surface area contributed by atoms with Crippen molar-refractivity contribution in [2.24, 2.45) is 5.73 Å². The van der Waals surface area contributed by atoms with E-state index in [-0.39, 0.29) is 12.3 Å². The molecule has 0 heterocycles. The average molecular weight is 202 g/mol. The molecule has 0 aromatic carbocycles. The van der Waals surface area contributed by atoms with Gasteiger partial charge in [-0.3, -0.25) is 9.59 Å². The summed E-state index contributed by atoms with van der Waals surface area (Å²) in [5.74, 6) is -1.13. The van der Waals surface area contributed by atoms with Gasteiger partial charge in [0.05, 0.1) is 6.04 Å². The minimum atomic E-state index is -0.867. The van der Waals surface area contributed by atoms with E-state index < -0.39 is 17.6 Å². The number of rotatable bonds is 5. The molecule has 0 aliphatic rings. The Morgan fingerprint density at radius 2 is 2.00 bits per heavy atom. The summed E-state index contributed by atoms with van der Waals surface area (Å²) in [6.07, 6.45) is 0.424. The second kappa shape index (κ2) is 4.95. The number of carboxylic acids is 1. The first kappa shape index (κ1) is 12.9. The SMILES string of the molecule is C[C@H](N)C(=O)NC(C)(C)CCC(=O)O. The quantitative estimate of drug-likeness (QED) is 0.589. The summed E-state index contributed by atoms with van der Waals surface area (Å²) in [7, 11) is 0. The minimum absolute atomic E-state index is 0.0340. The second-order valence-corrected chi connectivity index (χ2v) is 4.06. The summed E-state index contributed by atoms with van der Waals surface area (Å²) < 4.78 is 0. The fraction of sp³-hybridized carbons (Fsp3) is 0.778. The van der Waals surface area contributed by atoms with Crippen LogP contribution in [-0.4, -0.2) is 28.6 Å². The average Bonchev–Trinajstić information content (AvgIpc) is 2.00. The first-order valence-electron chi connectivity index (χ1n) is 4.54. The normalized spacial score (nSPS) is 13.4. The molecule has 0 radical (unpaired) electrons. The Labute approximate surface area is 83.7 Å². The lowest BCUT2D eigenvalue weighted by atomic mass is 9.98.